The molecule has 0 radical (unpaired) electrons. The number of phenols is 1. The van der Waals surface area contributed by atoms with Crippen LogP contribution >= 0.6 is 0 Å². The maximum atomic E-state index is 11.8. The molecule has 0 aliphatic rings. The van der Waals surface area contributed by atoms with Crippen molar-refractivity contribution >= 4 is 5.91 Å². The van der Waals surface area contributed by atoms with Gasteiger partial charge in [-0.3, -0.25) is 4.79 Å². The Morgan fingerprint density at radius 2 is 2.17 bits per heavy atom. The van der Waals surface area contributed by atoms with E-state index in [1.54, 1.807) is 37.3 Å². The topological polar surface area (TPSA) is 61.8 Å². The maximum Gasteiger partial charge on any atom is 0.236 e. The van der Waals surface area contributed by atoms with E-state index in [1.165, 1.54) is 0 Å². The minimum atomic E-state index is -0.0191. The van der Waals surface area contributed by atoms with E-state index in [1.807, 2.05) is 6.07 Å². The number of rotatable bonds is 7. The predicted molar refractivity (Wildman–Crippen MR) is 69.3 cm³/mol. The highest BCUT2D eigenvalue weighted by Crippen LogP contribution is 2.16. The molecule has 1 amide bonds. The molecule has 0 saturated heterocycles. The Hall–Kier alpha value is -1.59. The number of nitrogens with zero attached hydrogens (tertiary/aromatic N) is 1. The maximum absolute atomic E-state index is 11.8. The van der Waals surface area contributed by atoms with E-state index in [-0.39, 0.29) is 18.2 Å². The first kappa shape index (κ1) is 14.5. The van der Waals surface area contributed by atoms with Crippen molar-refractivity contribution in [2.75, 3.05) is 33.9 Å². The fourth-order valence-electron chi connectivity index (χ4n) is 1.49. The van der Waals surface area contributed by atoms with Crippen LogP contribution in [0.1, 0.15) is 5.56 Å². The summed E-state index contributed by atoms with van der Waals surface area (Å²) in [6.45, 7) is 1.90. The molecule has 0 saturated carbocycles. The molecular weight excluding hydrogens is 232 g/mol. The van der Waals surface area contributed by atoms with Gasteiger partial charge in [0.25, 0.3) is 0 Å². The Bertz CT molecular complexity index is 382. The third-order valence-corrected chi connectivity index (χ3v) is 2.58. The molecule has 0 atom stereocenters. The average molecular weight is 252 g/mol. The molecule has 1 rings (SSSR count). The summed E-state index contributed by atoms with van der Waals surface area (Å²) >= 11 is 0. The number of carbonyl (C=O) groups is 1. The molecule has 0 unspecified atom stereocenters. The zero-order valence-electron chi connectivity index (χ0n) is 10.8. The van der Waals surface area contributed by atoms with E-state index in [0.29, 0.717) is 19.7 Å². The Balaban J connectivity index is 2.38. The van der Waals surface area contributed by atoms with Gasteiger partial charge >= 0.3 is 0 Å². The molecule has 0 bridgehead atoms. The van der Waals surface area contributed by atoms with E-state index in [9.17, 15) is 9.90 Å². The Morgan fingerprint density at radius 3 is 2.83 bits per heavy atom. The lowest BCUT2D eigenvalue weighted by molar-refractivity contribution is -0.129. The molecule has 0 aromatic heterocycles. The second-order valence-corrected chi connectivity index (χ2v) is 4.05. The number of ether oxygens (including phenoxy) is 1. The summed E-state index contributed by atoms with van der Waals surface area (Å²) in [5.74, 6) is 0.193. The van der Waals surface area contributed by atoms with Crippen LogP contribution in [0.15, 0.2) is 24.3 Å². The van der Waals surface area contributed by atoms with Gasteiger partial charge in [-0.1, -0.05) is 18.2 Å². The molecule has 5 nitrogen and oxygen atoms in total. The van der Waals surface area contributed by atoms with Crippen LogP contribution in [-0.2, 0) is 16.1 Å². The lowest BCUT2D eigenvalue weighted by atomic mass is 10.2. The molecule has 5 heteroatoms. The number of carbonyl (C=O) groups excluding carboxylic acids is 1. The molecule has 0 fully saturated rings. The quantitative estimate of drug-likeness (QED) is 0.697. The lowest BCUT2D eigenvalue weighted by Crippen LogP contribution is -2.36. The summed E-state index contributed by atoms with van der Waals surface area (Å²) in [7, 11) is 3.33. The first-order chi connectivity index (χ1) is 8.65. The van der Waals surface area contributed by atoms with Crippen molar-refractivity contribution in [2.45, 2.75) is 6.54 Å². The van der Waals surface area contributed by atoms with Gasteiger partial charge in [-0.2, -0.15) is 0 Å². The number of hydrogen-bond donors (Lipinski definition) is 2. The highest BCUT2D eigenvalue weighted by atomic mass is 16.5. The van der Waals surface area contributed by atoms with Crippen molar-refractivity contribution in [3.05, 3.63) is 29.8 Å². The van der Waals surface area contributed by atoms with E-state index >= 15 is 0 Å². The first-order valence-corrected chi connectivity index (χ1v) is 5.85. The summed E-state index contributed by atoms with van der Waals surface area (Å²) < 4.78 is 4.88. The molecule has 1 aromatic carbocycles. The minimum absolute atomic E-state index is 0.0191. The van der Waals surface area contributed by atoms with Crippen molar-refractivity contribution in [3.8, 4) is 5.75 Å². The second kappa shape index (κ2) is 7.68. The number of methoxy groups -OCH3 is 1. The third kappa shape index (κ3) is 4.73. The molecule has 18 heavy (non-hydrogen) atoms. The van der Waals surface area contributed by atoms with Crippen molar-refractivity contribution in [3.63, 3.8) is 0 Å². The second-order valence-electron chi connectivity index (χ2n) is 4.05. The highest BCUT2D eigenvalue weighted by Gasteiger charge is 2.10. The first-order valence-electron chi connectivity index (χ1n) is 5.85. The summed E-state index contributed by atoms with van der Waals surface area (Å²) in [4.78, 5) is 13.3. The van der Waals surface area contributed by atoms with Crippen LogP contribution in [-0.4, -0.2) is 49.8 Å². The van der Waals surface area contributed by atoms with Crippen LogP contribution in [0.4, 0.5) is 0 Å². The minimum Gasteiger partial charge on any atom is -0.508 e. The van der Waals surface area contributed by atoms with Crippen molar-refractivity contribution < 1.29 is 14.6 Å². The van der Waals surface area contributed by atoms with E-state index in [2.05, 4.69) is 5.32 Å². The Morgan fingerprint density at radius 1 is 1.44 bits per heavy atom. The van der Waals surface area contributed by atoms with Crippen LogP contribution in [0, 0.1) is 0 Å². The number of likely N-dealkylation sites (N-methyl/N-ethyl adjacent to an activating group) is 1. The van der Waals surface area contributed by atoms with Gasteiger partial charge in [-0.05, 0) is 6.07 Å². The molecule has 0 heterocycles. The zero-order chi connectivity index (χ0) is 13.4. The number of nitrogens with one attached hydrogen (secondary N) is 1. The number of para-hydroxylation sites is 1. The van der Waals surface area contributed by atoms with Crippen molar-refractivity contribution in [1.82, 2.24) is 10.2 Å². The molecule has 2 N–H and O–H groups in total. The van der Waals surface area contributed by atoms with Crippen LogP contribution in [0.25, 0.3) is 0 Å². The molecular formula is C13H20N2O3. The fraction of sp³-hybridized carbons (Fsp3) is 0.462. The zero-order valence-corrected chi connectivity index (χ0v) is 10.8. The van der Waals surface area contributed by atoms with Crippen molar-refractivity contribution in [1.29, 1.82) is 0 Å². The molecule has 100 valence electrons. The monoisotopic (exact) mass is 252 g/mol. The van der Waals surface area contributed by atoms with Gasteiger partial charge in [0.05, 0.1) is 13.2 Å². The molecule has 0 spiro atoms. The molecule has 1 aromatic rings. The smallest absolute Gasteiger partial charge is 0.236 e. The van der Waals surface area contributed by atoms with E-state index in [4.69, 9.17) is 4.74 Å². The number of hydrogen-bond acceptors (Lipinski definition) is 4. The van der Waals surface area contributed by atoms with E-state index < -0.39 is 0 Å². The standard InChI is InChI=1S/C13H20N2O3/c1-15(13(17)9-14-7-8-18-2)10-11-5-3-4-6-12(11)16/h3-6,14,16H,7-10H2,1-2H3. The van der Waals surface area contributed by atoms with Crippen LogP contribution in [0.3, 0.4) is 0 Å². The van der Waals surface area contributed by atoms with Gasteiger partial charge in [0.2, 0.25) is 5.91 Å². The van der Waals surface area contributed by atoms with Crippen LogP contribution in [0.2, 0.25) is 0 Å². The molecule has 0 aliphatic heterocycles. The summed E-state index contributed by atoms with van der Waals surface area (Å²) in [5, 5.41) is 12.6. The predicted octanol–water partition coefficient (Wildman–Crippen LogP) is 0.587. The largest absolute Gasteiger partial charge is 0.508 e. The summed E-state index contributed by atoms with van der Waals surface area (Å²) in [6, 6.07) is 7.01. The van der Waals surface area contributed by atoms with Crippen molar-refractivity contribution in [2.24, 2.45) is 0 Å². The van der Waals surface area contributed by atoms with Gasteiger partial charge in [0.1, 0.15) is 5.75 Å². The van der Waals surface area contributed by atoms with Gasteiger partial charge in [0, 0.05) is 32.8 Å². The van der Waals surface area contributed by atoms with Gasteiger partial charge < -0.3 is 20.1 Å². The van der Waals surface area contributed by atoms with Crippen LogP contribution in [0.5, 0.6) is 5.75 Å². The molecule has 0 aliphatic carbocycles. The summed E-state index contributed by atoms with van der Waals surface area (Å²) in [5.41, 5.74) is 0.741. The Labute approximate surface area is 107 Å². The average Bonchev–Trinajstić information content (AvgIpc) is 2.37. The van der Waals surface area contributed by atoms with E-state index in [0.717, 1.165) is 5.56 Å². The van der Waals surface area contributed by atoms with Gasteiger partial charge in [0.15, 0.2) is 0 Å². The SMILES string of the molecule is COCCNCC(=O)N(C)Cc1ccccc1O. The number of phenolic OH excluding ortho intramolecular Hbond substituents is 1. The number of benzene rings is 1. The fourth-order valence-corrected chi connectivity index (χ4v) is 1.49. The third-order valence-electron chi connectivity index (χ3n) is 2.58. The lowest BCUT2D eigenvalue weighted by Gasteiger charge is -2.18. The normalized spacial score (nSPS) is 10.3. The Kier molecular flexibility index (Phi) is 6.18. The number of aromatic hydroxyl groups is 1. The summed E-state index contributed by atoms with van der Waals surface area (Å²) in [6.07, 6.45) is 0. The number of amides is 1. The van der Waals surface area contributed by atoms with Gasteiger partial charge in [-0.25, -0.2) is 0 Å². The van der Waals surface area contributed by atoms with Gasteiger partial charge in [-0.15, -0.1) is 0 Å². The highest BCUT2D eigenvalue weighted by molar-refractivity contribution is 5.78. The van der Waals surface area contributed by atoms with Crippen LogP contribution < -0.4 is 5.32 Å².